The summed E-state index contributed by atoms with van der Waals surface area (Å²) in [5, 5.41) is 2.54. The molecule has 3 N–H and O–H groups in total. The van der Waals surface area contributed by atoms with Crippen LogP contribution in [0.4, 0.5) is 0 Å². The number of nitrogens with one attached hydrogen (secondary N) is 1. The Morgan fingerprint density at radius 2 is 1.95 bits per heavy atom. The van der Waals surface area contributed by atoms with E-state index in [9.17, 15) is 9.59 Å². The van der Waals surface area contributed by atoms with Crippen LogP contribution < -0.4 is 15.8 Å². The number of ether oxygens (including phenoxy) is 2. The van der Waals surface area contributed by atoms with Crippen molar-refractivity contribution >= 4 is 29.1 Å². The SMILES string of the molecule is COC(=O)CCNC(=O)COc1ccc(C(N)=S)cc1. The Balaban J connectivity index is 2.30. The van der Waals surface area contributed by atoms with Crippen molar-refractivity contribution < 1.29 is 19.1 Å². The Kier molecular flexibility index (Phi) is 6.45. The number of thiocarbonyl (C=S) groups is 1. The van der Waals surface area contributed by atoms with E-state index >= 15 is 0 Å². The number of esters is 1. The first-order valence-electron chi connectivity index (χ1n) is 5.89. The zero-order valence-corrected chi connectivity index (χ0v) is 11.9. The summed E-state index contributed by atoms with van der Waals surface area (Å²) in [6.45, 7) is 0.0861. The maximum Gasteiger partial charge on any atom is 0.307 e. The molecule has 1 rings (SSSR count). The molecule has 0 atom stereocenters. The van der Waals surface area contributed by atoms with Crippen molar-refractivity contribution in [2.45, 2.75) is 6.42 Å². The fourth-order valence-electron chi connectivity index (χ4n) is 1.32. The van der Waals surface area contributed by atoms with Crippen LogP contribution in [0.1, 0.15) is 12.0 Å². The van der Waals surface area contributed by atoms with Crippen molar-refractivity contribution in [1.82, 2.24) is 5.32 Å². The molecule has 7 heteroatoms. The van der Waals surface area contributed by atoms with Gasteiger partial charge in [-0.15, -0.1) is 0 Å². The third-order valence-corrected chi connectivity index (χ3v) is 2.62. The highest BCUT2D eigenvalue weighted by Gasteiger charge is 2.05. The van der Waals surface area contributed by atoms with Crippen LogP contribution in [0.3, 0.4) is 0 Å². The summed E-state index contributed by atoms with van der Waals surface area (Å²) in [4.78, 5) is 22.6. The van der Waals surface area contributed by atoms with E-state index in [1.807, 2.05) is 0 Å². The van der Waals surface area contributed by atoms with Gasteiger partial charge in [-0.3, -0.25) is 9.59 Å². The molecule has 1 aromatic carbocycles. The van der Waals surface area contributed by atoms with E-state index in [4.69, 9.17) is 22.7 Å². The molecule has 108 valence electrons. The lowest BCUT2D eigenvalue weighted by atomic mass is 10.2. The third kappa shape index (κ3) is 5.66. The average Bonchev–Trinajstić information content (AvgIpc) is 2.45. The lowest BCUT2D eigenvalue weighted by molar-refractivity contribution is -0.140. The molecule has 0 spiro atoms. The first-order valence-corrected chi connectivity index (χ1v) is 6.30. The van der Waals surface area contributed by atoms with Crippen LogP contribution >= 0.6 is 12.2 Å². The van der Waals surface area contributed by atoms with Gasteiger partial charge in [0.15, 0.2) is 6.61 Å². The standard InChI is InChI=1S/C13H16N2O4S/c1-18-12(17)6-7-15-11(16)8-19-10-4-2-9(3-5-10)13(14)20/h2-5H,6-8H2,1H3,(H2,14,20)(H,15,16). The molecule has 0 aliphatic carbocycles. The fourth-order valence-corrected chi connectivity index (χ4v) is 1.46. The monoisotopic (exact) mass is 296 g/mol. The first kappa shape index (κ1) is 15.9. The van der Waals surface area contributed by atoms with Gasteiger partial charge < -0.3 is 20.5 Å². The molecule has 0 fully saturated rings. The summed E-state index contributed by atoms with van der Waals surface area (Å²) in [6, 6.07) is 6.78. The van der Waals surface area contributed by atoms with Gasteiger partial charge >= 0.3 is 5.97 Å². The lowest BCUT2D eigenvalue weighted by Gasteiger charge is -2.07. The summed E-state index contributed by atoms with van der Waals surface area (Å²) in [5.74, 6) is -0.153. The minimum atomic E-state index is -0.375. The fraction of sp³-hybridized carbons (Fsp3) is 0.308. The van der Waals surface area contributed by atoms with Gasteiger partial charge in [-0.05, 0) is 24.3 Å². The van der Waals surface area contributed by atoms with Gasteiger partial charge in [0.2, 0.25) is 0 Å². The van der Waals surface area contributed by atoms with Crippen LogP contribution in [0.25, 0.3) is 0 Å². The van der Waals surface area contributed by atoms with Crippen molar-refractivity contribution in [2.24, 2.45) is 5.73 Å². The van der Waals surface area contributed by atoms with E-state index in [1.54, 1.807) is 24.3 Å². The summed E-state index contributed by atoms with van der Waals surface area (Å²) in [6.07, 6.45) is 0.130. The minimum Gasteiger partial charge on any atom is -0.484 e. The Bertz CT molecular complexity index is 488. The molecule has 1 amide bonds. The number of hydrogen-bond donors (Lipinski definition) is 2. The third-order valence-electron chi connectivity index (χ3n) is 2.39. The number of benzene rings is 1. The topological polar surface area (TPSA) is 90.6 Å². The number of hydrogen-bond acceptors (Lipinski definition) is 5. The Morgan fingerprint density at radius 3 is 2.50 bits per heavy atom. The molecular weight excluding hydrogens is 280 g/mol. The maximum absolute atomic E-state index is 11.4. The van der Waals surface area contributed by atoms with Crippen molar-refractivity contribution in [3.63, 3.8) is 0 Å². The first-order chi connectivity index (χ1) is 9.52. The predicted octanol–water partition coefficient (Wildman–Crippen LogP) is 0.379. The summed E-state index contributed by atoms with van der Waals surface area (Å²) in [5.41, 5.74) is 6.20. The molecular formula is C13H16N2O4S. The quantitative estimate of drug-likeness (QED) is 0.558. The summed E-state index contributed by atoms with van der Waals surface area (Å²) in [7, 11) is 1.30. The molecule has 0 radical (unpaired) electrons. The van der Waals surface area contributed by atoms with Crippen LogP contribution in [-0.4, -0.2) is 37.1 Å². The van der Waals surface area contributed by atoms with Crippen LogP contribution in [-0.2, 0) is 14.3 Å². The Hall–Kier alpha value is -2.15. The smallest absolute Gasteiger partial charge is 0.307 e. The van der Waals surface area contributed by atoms with Gasteiger partial charge in [0.05, 0.1) is 13.5 Å². The molecule has 1 aromatic rings. The molecule has 0 aromatic heterocycles. The largest absolute Gasteiger partial charge is 0.484 e. The van der Waals surface area contributed by atoms with E-state index in [-0.39, 0.29) is 31.4 Å². The van der Waals surface area contributed by atoms with Crippen LogP contribution in [0.5, 0.6) is 5.75 Å². The average molecular weight is 296 g/mol. The van der Waals surface area contributed by atoms with Crippen molar-refractivity contribution in [3.8, 4) is 5.75 Å². The normalized spacial score (nSPS) is 9.65. The highest BCUT2D eigenvalue weighted by molar-refractivity contribution is 7.80. The molecule has 0 unspecified atom stereocenters. The summed E-state index contributed by atoms with van der Waals surface area (Å²) < 4.78 is 9.72. The van der Waals surface area contributed by atoms with Crippen molar-refractivity contribution in [3.05, 3.63) is 29.8 Å². The highest BCUT2D eigenvalue weighted by Crippen LogP contribution is 2.11. The maximum atomic E-state index is 11.4. The van der Waals surface area contributed by atoms with E-state index in [1.165, 1.54) is 7.11 Å². The van der Waals surface area contributed by atoms with Gasteiger partial charge in [0, 0.05) is 12.1 Å². The van der Waals surface area contributed by atoms with E-state index < -0.39 is 0 Å². The van der Waals surface area contributed by atoms with E-state index in [0.29, 0.717) is 10.7 Å². The van der Waals surface area contributed by atoms with Gasteiger partial charge in [-0.25, -0.2) is 0 Å². The highest BCUT2D eigenvalue weighted by atomic mass is 32.1. The molecule has 0 bridgehead atoms. The van der Waals surface area contributed by atoms with Gasteiger partial charge in [-0.1, -0.05) is 12.2 Å². The number of nitrogens with two attached hydrogens (primary N) is 1. The zero-order valence-electron chi connectivity index (χ0n) is 11.0. The van der Waals surface area contributed by atoms with E-state index in [2.05, 4.69) is 10.1 Å². The van der Waals surface area contributed by atoms with Crippen LogP contribution in [0, 0.1) is 0 Å². The molecule has 0 saturated carbocycles. The molecule has 0 aliphatic heterocycles. The second-order valence-corrected chi connectivity index (χ2v) is 4.29. The molecule has 6 nitrogen and oxygen atoms in total. The number of rotatable bonds is 7. The van der Waals surface area contributed by atoms with Gasteiger partial charge in [0.1, 0.15) is 10.7 Å². The second-order valence-electron chi connectivity index (χ2n) is 3.85. The van der Waals surface area contributed by atoms with E-state index in [0.717, 1.165) is 5.56 Å². The second kappa shape index (κ2) is 8.11. The molecule has 0 saturated heterocycles. The van der Waals surface area contributed by atoms with Crippen molar-refractivity contribution in [2.75, 3.05) is 20.3 Å². The lowest BCUT2D eigenvalue weighted by Crippen LogP contribution is -2.30. The summed E-state index contributed by atoms with van der Waals surface area (Å²) >= 11 is 4.83. The number of amides is 1. The number of carbonyl (C=O) groups excluding carboxylic acids is 2. The molecule has 0 heterocycles. The number of carbonyl (C=O) groups is 2. The van der Waals surface area contributed by atoms with Crippen molar-refractivity contribution in [1.29, 1.82) is 0 Å². The van der Waals surface area contributed by atoms with Crippen LogP contribution in [0.2, 0.25) is 0 Å². The Labute approximate surface area is 122 Å². The number of methoxy groups -OCH3 is 1. The molecule has 20 heavy (non-hydrogen) atoms. The molecule has 0 aliphatic rings. The zero-order chi connectivity index (χ0) is 15.0. The Morgan fingerprint density at radius 1 is 1.30 bits per heavy atom. The van der Waals surface area contributed by atoms with Gasteiger partial charge in [0.25, 0.3) is 5.91 Å². The van der Waals surface area contributed by atoms with Crippen LogP contribution in [0.15, 0.2) is 24.3 Å². The minimum absolute atomic E-state index is 0.130. The predicted molar refractivity (Wildman–Crippen MR) is 77.5 cm³/mol. The van der Waals surface area contributed by atoms with Gasteiger partial charge in [-0.2, -0.15) is 0 Å².